The lowest BCUT2D eigenvalue weighted by Crippen LogP contribution is -2.44. The number of carbonyl (C=O) groups is 2. The first kappa shape index (κ1) is 24.2. The fourth-order valence-electron chi connectivity index (χ4n) is 5.02. The number of fused-ring (bicyclic) bond motifs is 1. The first-order valence-corrected chi connectivity index (χ1v) is 12.6. The summed E-state index contributed by atoms with van der Waals surface area (Å²) < 4.78 is 0. The zero-order valence-electron chi connectivity index (χ0n) is 19.8. The molecule has 182 valence electrons. The summed E-state index contributed by atoms with van der Waals surface area (Å²) >= 11 is 0. The molecule has 2 aliphatic rings. The first-order chi connectivity index (χ1) is 16.6. The topological polar surface area (TPSA) is 94.6 Å². The Labute approximate surface area is 202 Å². The van der Waals surface area contributed by atoms with E-state index in [1.807, 2.05) is 30.3 Å². The summed E-state index contributed by atoms with van der Waals surface area (Å²) in [6.45, 7) is 3.74. The number of rotatable bonds is 10. The molecule has 0 bridgehead atoms. The molecule has 4 rings (SSSR count). The Morgan fingerprint density at radius 3 is 2.82 bits per heavy atom. The predicted molar refractivity (Wildman–Crippen MR) is 133 cm³/mol. The van der Waals surface area contributed by atoms with Crippen LogP contribution in [0, 0.1) is 5.92 Å². The first-order valence-electron chi connectivity index (χ1n) is 12.6. The van der Waals surface area contributed by atoms with Crippen LogP contribution in [0.5, 0.6) is 0 Å². The lowest BCUT2D eigenvalue weighted by atomic mass is 9.95. The van der Waals surface area contributed by atoms with Crippen molar-refractivity contribution < 1.29 is 14.7 Å². The zero-order chi connectivity index (χ0) is 23.8. The van der Waals surface area contributed by atoms with Crippen LogP contribution in [0.3, 0.4) is 0 Å². The molecule has 1 saturated heterocycles. The van der Waals surface area contributed by atoms with Crippen LogP contribution in [0.2, 0.25) is 0 Å². The van der Waals surface area contributed by atoms with Gasteiger partial charge in [0, 0.05) is 18.8 Å². The van der Waals surface area contributed by atoms with Gasteiger partial charge in [-0.15, -0.1) is 0 Å². The van der Waals surface area contributed by atoms with Crippen LogP contribution < -0.4 is 10.6 Å². The summed E-state index contributed by atoms with van der Waals surface area (Å²) in [5.41, 5.74) is 3.30. The normalized spacial score (nSPS) is 19.0. The number of aliphatic carboxylic acids is 1. The largest absolute Gasteiger partial charge is 0.481 e. The fraction of sp³-hybridized carbons (Fsp3) is 0.519. The van der Waals surface area contributed by atoms with E-state index in [4.69, 9.17) is 4.98 Å². The van der Waals surface area contributed by atoms with Gasteiger partial charge in [-0.2, -0.15) is 0 Å². The molecule has 7 nitrogen and oxygen atoms in total. The van der Waals surface area contributed by atoms with Crippen molar-refractivity contribution in [3.8, 4) is 0 Å². The SMILES string of the molecule is O=C(O)CC(NC(=O)C1CCCN(CCCCc2ccc3c(n2)NCCC3)C1)c1ccccc1. The van der Waals surface area contributed by atoms with Gasteiger partial charge in [-0.3, -0.25) is 9.59 Å². The summed E-state index contributed by atoms with van der Waals surface area (Å²) in [7, 11) is 0. The minimum atomic E-state index is -0.913. The number of nitrogens with zero attached hydrogens (tertiary/aromatic N) is 2. The van der Waals surface area contributed by atoms with E-state index in [1.54, 1.807) is 0 Å². The molecule has 7 heteroatoms. The average molecular weight is 465 g/mol. The molecule has 1 aromatic heterocycles. The third kappa shape index (κ3) is 6.79. The number of likely N-dealkylation sites (tertiary alicyclic amines) is 1. The molecule has 3 heterocycles. The van der Waals surface area contributed by atoms with Gasteiger partial charge in [0.1, 0.15) is 5.82 Å². The molecule has 0 spiro atoms. The lowest BCUT2D eigenvalue weighted by Gasteiger charge is -2.33. The number of piperidine rings is 1. The maximum Gasteiger partial charge on any atom is 0.305 e. The Morgan fingerprint density at radius 2 is 2.00 bits per heavy atom. The van der Waals surface area contributed by atoms with Crippen molar-refractivity contribution in [2.45, 2.75) is 57.4 Å². The Balaban J connectivity index is 1.23. The second kappa shape index (κ2) is 12.0. The van der Waals surface area contributed by atoms with Crippen molar-refractivity contribution in [3.63, 3.8) is 0 Å². The summed E-state index contributed by atoms with van der Waals surface area (Å²) in [5.74, 6) is 0.0154. The molecule has 2 aromatic rings. The lowest BCUT2D eigenvalue weighted by molar-refractivity contribution is -0.138. The number of nitrogens with one attached hydrogen (secondary N) is 2. The molecule has 2 unspecified atom stereocenters. The predicted octanol–water partition coefficient (Wildman–Crippen LogP) is 3.81. The highest BCUT2D eigenvalue weighted by Gasteiger charge is 2.28. The Kier molecular flexibility index (Phi) is 8.52. The van der Waals surface area contributed by atoms with Gasteiger partial charge < -0.3 is 20.6 Å². The van der Waals surface area contributed by atoms with Crippen LogP contribution in [-0.2, 0) is 22.4 Å². The number of hydrogen-bond donors (Lipinski definition) is 3. The Bertz CT molecular complexity index is 966. The molecule has 0 aliphatic carbocycles. The molecule has 34 heavy (non-hydrogen) atoms. The second-order valence-corrected chi connectivity index (χ2v) is 9.51. The fourth-order valence-corrected chi connectivity index (χ4v) is 5.02. The number of hydrogen-bond acceptors (Lipinski definition) is 5. The number of aromatic nitrogens is 1. The number of aryl methyl sites for hydroxylation is 2. The molecule has 3 N–H and O–H groups in total. The van der Waals surface area contributed by atoms with Gasteiger partial charge in [-0.05, 0) is 75.2 Å². The molecule has 0 saturated carbocycles. The van der Waals surface area contributed by atoms with Crippen LogP contribution >= 0.6 is 0 Å². The standard InChI is InChI=1S/C27H36N4O3/c32-25(33)18-24(20-8-2-1-3-9-20)30-27(34)22-11-7-17-31(19-22)16-5-4-12-23-14-13-21-10-6-15-28-26(21)29-23/h1-3,8-9,13-14,22,24H,4-7,10-12,15-19H2,(H,28,29)(H,30,34)(H,32,33). The van der Waals surface area contributed by atoms with E-state index in [-0.39, 0.29) is 18.2 Å². The van der Waals surface area contributed by atoms with Crippen LogP contribution in [0.25, 0.3) is 0 Å². The highest BCUT2D eigenvalue weighted by molar-refractivity contribution is 5.80. The number of benzene rings is 1. The van der Waals surface area contributed by atoms with Gasteiger partial charge in [-0.25, -0.2) is 4.98 Å². The highest BCUT2D eigenvalue weighted by atomic mass is 16.4. The number of carboxylic acid groups (broad SMARTS) is 1. The van der Waals surface area contributed by atoms with E-state index < -0.39 is 12.0 Å². The van der Waals surface area contributed by atoms with Crippen molar-refractivity contribution >= 4 is 17.7 Å². The van der Waals surface area contributed by atoms with Crippen molar-refractivity contribution in [1.82, 2.24) is 15.2 Å². The minimum Gasteiger partial charge on any atom is -0.481 e. The van der Waals surface area contributed by atoms with Gasteiger partial charge in [0.05, 0.1) is 18.4 Å². The quantitative estimate of drug-likeness (QED) is 0.463. The minimum absolute atomic E-state index is 0.0365. The molecular formula is C27H36N4O3. The molecule has 0 radical (unpaired) electrons. The van der Waals surface area contributed by atoms with E-state index in [0.29, 0.717) is 0 Å². The molecular weight excluding hydrogens is 428 g/mol. The summed E-state index contributed by atoms with van der Waals surface area (Å²) in [6.07, 6.45) is 7.14. The zero-order valence-corrected chi connectivity index (χ0v) is 19.8. The molecule has 1 aromatic carbocycles. The van der Waals surface area contributed by atoms with E-state index >= 15 is 0 Å². The molecule has 2 aliphatic heterocycles. The van der Waals surface area contributed by atoms with E-state index in [9.17, 15) is 14.7 Å². The maximum absolute atomic E-state index is 13.0. The summed E-state index contributed by atoms with van der Waals surface area (Å²) in [6, 6.07) is 13.2. The van der Waals surface area contributed by atoms with Crippen LogP contribution in [0.15, 0.2) is 42.5 Å². The van der Waals surface area contributed by atoms with Crippen molar-refractivity contribution in [3.05, 3.63) is 59.3 Å². The van der Waals surface area contributed by atoms with Crippen LogP contribution in [0.4, 0.5) is 5.82 Å². The second-order valence-electron chi connectivity index (χ2n) is 9.51. The molecule has 1 fully saturated rings. The third-order valence-corrected chi connectivity index (χ3v) is 6.88. The van der Waals surface area contributed by atoms with Crippen LogP contribution in [0.1, 0.15) is 61.4 Å². The van der Waals surface area contributed by atoms with Gasteiger partial charge in [0.15, 0.2) is 0 Å². The van der Waals surface area contributed by atoms with Crippen molar-refractivity contribution in [2.24, 2.45) is 5.92 Å². The summed E-state index contributed by atoms with van der Waals surface area (Å²) in [5, 5.41) is 15.7. The number of pyridine rings is 1. The number of amides is 1. The monoisotopic (exact) mass is 464 g/mol. The number of unbranched alkanes of at least 4 members (excludes halogenated alkanes) is 1. The Hall–Kier alpha value is -2.93. The van der Waals surface area contributed by atoms with E-state index in [1.165, 1.54) is 12.0 Å². The smallest absolute Gasteiger partial charge is 0.305 e. The third-order valence-electron chi connectivity index (χ3n) is 6.88. The van der Waals surface area contributed by atoms with Crippen molar-refractivity contribution in [1.29, 1.82) is 0 Å². The number of carbonyl (C=O) groups excluding carboxylic acids is 1. The van der Waals surface area contributed by atoms with Gasteiger partial charge in [0.25, 0.3) is 0 Å². The summed E-state index contributed by atoms with van der Waals surface area (Å²) in [4.78, 5) is 31.5. The number of carboxylic acids is 1. The van der Waals surface area contributed by atoms with Gasteiger partial charge in [-0.1, -0.05) is 36.4 Å². The van der Waals surface area contributed by atoms with E-state index in [2.05, 4.69) is 27.7 Å². The highest BCUT2D eigenvalue weighted by Crippen LogP contribution is 2.23. The van der Waals surface area contributed by atoms with Crippen molar-refractivity contribution in [2.75, 3.05) is 31.5 Å². The van der Waals surface area contributed by atoms with Gasteiger partial charge in [0.2, 0.25) is 5.91 Å². The van der Waals surface area contributed by atoms with Gasteiger partial charge >= 0.3 is 5.97 Å². The molecule has 1 amide bonds. The van der Waals surface area contributed by atoms with Crippen LogP contribution in [-0.4, -0.2) is 53.0 Å². The maximum atomic E-state index is 13.0. The Morgan fingerprint density at radius 1 is 1.15 bits per heavy atom. The number of anilines is 1. The molecule has 2 atom stereocenters. The average Bonchev–Trinajstić information content (AvgIpc) is 2.86. The van der Waals surface area contributed by atoms with E-state index in [0.717, 1.165) is 81.8 Å².